The van der Waals surface area contributed by atoms with Crippen molar-refractivity contribution in [1.82, 2.24) is 10.3 Å². The van der Waals surface area contributed by atoms with Gasteiger partial charge in [0, 0.05) is 11.6 Å². The first-order valence-corrected chi connectivity index (χ1v) is 8.72. The molecule has 0 radical (unpaired) electrons. The van der Waals surface area contributed by atoms with E-state index in [-0.39, 0.29) is 19.8 Å². The topological polar surface area (TPSA) is 86.8 Å². The third-order valence-corrected chi connectivity index (χ3v) is 3.94. The summed E-state index contributed by atoms with van der Waals surface area (Å²) in [7, 11) is 1.56. The monoisotopic (exact) mass is 380 g/mol. The number of hydrogen-bond donors (Lipinski definition) is 1. The van der Waals surface area contributed by atoms with Crippen LogP contribution in [-0.4, -0.2) is 43.7 Å². The van der Waals surface area contributed by atoms with Crippen LogP contribution in [0.2, 0.25) is 0 Å². The van der Waals surface area contributed by atoms with Gasteiger partial charge in [-0.05, 0) is 24.3 Å². The van der Waals surface area contributed by atoms with E-state index < -0.39 is 11.9 Å². The minimum atomic E-state index is -0.593. The molecule has 0 aliphatic heterocycles. The highest BCUT2D eigenvalue weighted by atomic mass is 16.5. The summed E-state index contributed by atoms with van der Waals surface area (Å²) in [5.74, 6) is 0.204. The first-order valence-electron chi connectivity index (χ1n) is 8.72. The van der Waals surface area contributed by atoms with E-state index in [0.29, 0.717) is 22.6 Å². The Labute approximate surface area is 162 Å². The smallest absolute Gasteiger partial charge is 0.340 e. The fraction of sp³-hybridized carbons (Fsp3) is 0.190. The average molecular weight is 380 g/mol. The highest BCUT2D eigenvalue weighted by molar-refractivity contribution is 6.03. The SMILES string of the molecule is COc1ccccc1OCCNC(=O)COC(=O)c1cccc2cccnc12. The number of aromatic nitrogens is 1. The van der Waals surface area contributed by atoms with Gasteiger partial charge in [-0.2, -0.15) is 0 Å². The van der Waals surface area contributed by atoms with Crippen LogP contribution in [0.15, 0.2) is 60.8 Å². The summed E-state index contributed by atoms with van der Waals surface area (Å²) in [4.78, 5) is 28.4. The number of carbonyl (C=O) groups excluding carboxylic acids is 2. The van der Waals surface area contributed by atoms with Crippen molar-refractivity contribution in [3.8, 4) is 11.5 Å². The number of methoxy groups -OCH3 is 1. The summed E-state index contributed by atoms with van der Waals surface area (Å²) in [6.45, 7) is 0.147. The highest BCUT2D eigenvalue weighted by Crippen LogP contribution is 2.25. The lowest BCUT2D eigenvalue weighted by molar-refractivity contribution is -0.124. The van der Waals surface area contributed by atoms with E-state index in [2.05, 4.69) is 10.3 Å². The zero-order chi connectivity index (χ0) is 19.8. The van der Waals surface area contributed by atoms with Gasteiger partial charge in [-0.25, -0.2) is 4.79 Å². The number of fused-ring (bicyclic) bond motifs is 1. The molecule has 28 heavy (non-hydrogen) atoms. The maximum Gasteiger partial charge on any atom is 0.340 e. The molecule has 3 aromatic rings. The molecule has 0 unspecified atom stereocenters. The van der Waals surface area contributed by atoms with Crippen LogP contribution in [0.3, 0.4) is 0 Å². The number of hydrogen-bond acceptors (Lipinski definition) is 6. The van der Waals surface area contributed by atoms with Crippen molar-refractivity contribution >= 4 is 22.8 Å². The average Bonchev–Trinajstić information content (AvgIpc) is 2.75. The maximum absolute atomic E-state index is 12.3. The van der Waals surface area contributed by atoms with Crippen LogP contribution >= 0.6 is 0 Å². The van der Waals surface area contributed by atoms with Crippen LogP contribution in [0, 0.1) is 0 Å². The van der Waals surface area contributed by atoms with Crippen LogP contribution in [0.25, 0.3) is 10.9 Å². The second-order valence-electron chi connectivity index (χ2n) is 5.81. The lowest BCUT2D eigenvalue weighted by Crippen LogP contribution is -2.32. The second-order valence-corrected chi connectivity index (χ2v) is 5.81. The summed E-state index contributed by atoms with van der Waals surface area (Å²) < 4.78 is 15.8. The third-order valence-electron chi connectivity index (χ3n) is 3.94. The normalized spacial score (nSPS) is 10.3. The lowest BCUT2D eigenvalue weighted by Gasteiger charge is -2.11. The molecule has 3 rings (SSSR count). The first kappa shape index (κ1) is 19.2. The van der Waals surface area contributed by atoms with Crippen LogP contribution in [0.1, 0.15) is 10.4 Å². The number of rotatable bonds is 8. The summed E-state index contributed by atoms with van der Waals surface area (Å²) in [6, 6.07) is 16.1. The molecule has 0 bridgehead atoms. The molecule has 0 fully saturated rings. The molecule has 1 heterocycles. The molecule has 0 saturated heterocycles. The van der Waals surface area contributed by atoms with Gasteiger partial charge in [-0.1, -0.05) is 30.3 Å². The molecular formula is C21H20N2O5. The molecule has 0 saturated carbocycles. The summed E-state index contributed by atoms with van der Waals surface area (Å²) in [6.07, 6.45) is 1.60. The number of carbonyl (C=O) groups is 2. The lowest BCUT2D eigenvalue weighted by atomic mass is 10.1. The van der Waals surface area contributed by atoms with Crippen LogP contribution < -0.4 is 14.8 Å². The van der Waals surface area contributed by atoms with Crippen LogP contribution in [0.5, 0.6) is 11.5 Å². The van der Waals surface area contributed by atoms with Gasteiger partial charge in [0.25, 0.3) is 5.91 Å². The van der Waals surface area contributed by atoms with Gasteiger partial charge in [0.2, 0.25) is 0 Å². The van der Waals surface area contributed by atoms with Crippen molar-refractivity contribution in [2.24, 2.45) is 0 Å². The zero-order valence-electron chi connectivity index (χ0n) is 15.4. The minimum absolute atomic E-state index is 0.257. The van der Waals surface area contributed by atoms with Crippen molar-refractivity contribution in [3.05, 3.63) is 66.4 Å². The number of benzene rings is 2. The number of nitrogens with one attached hydrogen (secondary N) is 1. The second kappa shape index (κ2) is 9.36. The molecule has 2 aromatic carbocycles. The van der Waals surface area contributed by atoms with Gasteiger partial charge in [0.15, 0.2) is 18.1 Å². The van der Waals surface area contributed by atoms with Gasteiger partial charge in [0.05, 0.1) is 24.7 Å². The molecule has 7 heteroatoms. The Kier molecular flexibility index (Phi) is 6.41. The van der Waals surface area contributed by atoms with E-state index >= 15 is 0 Å². The molecule has 0 atom stereocenters. The predicted octanol–water partition coefficient (Wildman–Crippen LogP) is 2.60. The number of ether oxygens (including phenoxy) is 3. The molecule has 7 nitrogen and oxygen atoms in total. The van der Waals surface area contributed by atoms with E-state index in [1.165, 1.54) is 0 Å². The Balaban J connectivity index is 1.44. The molecule has 0 spiro atoms. The highest BCUT2D eigenvalue weighted by Gasteiger charge is 2.14. The Bertz CT molecular complexity index is 968. The van der Waals surface area contributed by atoms with Gasteiger partial charge in [-0.3, -0.25) is 9.78 Å². The van der Waals surface area contributed by atoms with Gasteiger partial charge in [-0.15, -0.1) is 0 Å². The molecule has 1 amide bonds. The maximum atomic E-state index is 12.3. The largest absolute Gasteiger partial charge is 0.493 e. The number of para-hydroxylation sites is 3. The zero-order valence-corrected chi connectivity index (χ0v) is 15.4. The van der Waals surface area contributed by atoms with Gasteiger partial charge < -0.3 is 19.5 Å². The molecule has 0 aliphatic carbocycles. The molecule has 1 aromatic heterocycles. The first-order chi connectivity index (χ1) is 13.7. The van der Waals surface area contributed by atoms with Gasteiger partial charge >= 0.3 is 5.97 Å². The van der Waals surface area contributed by atoms with Crippen molar-refractivity contribution in [2.75, 3.05) is 26.9 Å². The van der Waals surface area contributed by atoms with Crippen molar-refractivity contribution in [2.45, 2.75) is 0 Å². The van der Waals surface area contributed by atoms with Gasteiger partial charge in [0.1, 0.15) is 6.61 Å². The Hall–Kier alpha value is -3.61. The molecule has 0 aliphatic rings. The molecular weight excluding hydrogens is 360 g/mol. The van der Waals surface area contributed by atoms with E-state index in [1.807, 2.05) is 24.3 Å². The van der Waals surface area contributed by atoms with E-state index in [9.17, 15) is 9.59 Å². The molecule has 1 N–H and O–H groups in total. The fourth-order valence-corrected chi connectivity index (χ4v) is 2.62. The Morgan fingerprint density at radius 1 is 1.00 bits per heavy atom. The van der Waals surface area contributed by atoms with Crippen LogP contribution in [0.4, 0.5) is 0 Å². The standard InChI is InChI=1S/C21H20N2O5/c1-26-17-9-2-3-10-18(17)27-13-12-22-19(24)14-28-21(25)16-8-4-6-15-7-5-11-23-20(15)16/h2-11H,12-14H2,1H3,(H,22,24). The van der Waals surface area contributed by atoms with Crippen molar-refractivity contribution in [1.29, 1.82) is 0 Å². The Morgan fingerprint density at radius 3 is 2.61 bits per heavy atom. The van der Waals surface area contributed by atoms with E-state index in [1.54, 1.807) is 43.6 Å². The molecule has 144 valence electrons. The summed E-state index contributed by atoms with van der Waals surface area (Å²) >= 11 is 0. The number of nitrogens with zero attached hydrogens (tertiary/aromatic N) is 1. The number of pyridine rings is 1. The van der Waals surface area contributed by atoms with Crippen LogP contribution in [-0.2, 0) is 9.53 Å². The number of amides is 1. The number of esters is 1. The van der Waals surface area contributed by atoms with Crippen molar-refractivity contribution in [3.63, 3.8) is 0 Å². The third kappa shape index (κ3) is 4.76. The summed E-state index contributed by atoms with van der Waals surface area (Å²) in [5, 5.41) is 3.47. The van der Waals surface area contributed by atoms with Crippen molar-refractivity contribution < 1.29 is 23.8 Å². The quantitative estimate of drug-likeness (QED) is 0.477. The Morgan fingerprint density at radius 2 is 1.79 bits per heavy atom. The van der Waals surface area contributed by atoms with E-state index in [4.69, 9.17) is 14.2 Å². The van der Waals surface area contributed by atoms with E-state index in [0.717, 1.165) is 5.39 Å². The predicted molar refractivity (Wildman–Crippen MR) is 104 cm³/mol. The fourth-order valence-electron chi connectivity index (χ4n) is 2.62. The minimum Gasteiger partial charge on any atom is -0.493 e. The summed E-state index contributed by atoms with van der Waals surface area (Å²) in [5.41, 5.74) is 0.867.